The van der Waals surface area contributed by atoms with Crippen LogP contribution in [0.25, 0.3) is 0 Å². The number of aliphatic carboxylic acids is 1. The summed E-state index contributed by atoms with van der Waals surface area (Å²) in [5.41, 5.74) is 1.07. The van der Waals surface area contributed by atoms with Crippen molar-refractivity contribution in [2.45, 2.75) is 66.1 Å². The Kier molecular flexibility index (Phi) is 11.6. The summed E-state index contributed by atoms with van der Waals surface area (Å²) in [7, 11) is 0. The highest BCUT2D eigenvalue weighted by Crippen LogP contribution is 2.18. The number of carboxylic acid groups (broad SMARTS) is 1. The number of aromatic nitrogens is 2. The summed E-state index contributed by atoms with van der Waals surface area (Å²) in [6.07, 6.45) is 3.81. The first-order chi connectivity index (χ1) is 16.8. The van der Waals surface area contributed by atoms with Crippen LogP contribution in [-0.4, -0.2) is 51.4 Å². The van der Waals surface area contributed by atoms with Gasteiger partial charge in [-0.2, -0.15) is 0 Å². The molecule has 0 aliphatic rings. The topological polar surface area (TPSA) is 120 Å². The van der Waals surface area contributed by atoms with Crippen LogP contribution in [0.15, 0.2) is 30.7 Å². The van der Waals surface area contributed by atoms with E-state index in [-0.39, 0.29) is 12.3 Å². The minimum Gasteiger partial charge on any atom is -0.480 e. The Labute approximate surface area is 239 Å². The first-order valence-electron chi connectivity index (χ1n) is 11.5. The van der Waals surface area contributed by atoms with Crippen molar-refractivity contribution in [3.8, 4) is 0 Å². The first kappa shape index (κ1) is 30.5. The second kappa shape index (κ2) is 13.7. The number of nitrogens with one attached hydrogen (secondary N) is 1. The number of hydrogen-bond acceptors (Lipinski definition) is 7. The van der Waals surface area contributed by atoms with Crippen molar-refractivity contribution in [3.05, 3.63) is 49.1 Å². The van der Waals surface area contributed by atoms with Crippen molar-refractivity contribution in [1.29, 1.82) is 0 Å². The first-order valence-corrected chi connectivity index (χ1v) is 13.7. The van der Waals surface area contributed by atoms with Crippen LogP contribution in [0, 0.1) is 18.5 Å². The second-order valence-corrected chi connectivity index (χ2v) is 12.5. The summed E-state index contributed by atoms with van der Waals surface area (Å²) in [5, 5.41) is 12.7. The monoisotopic (exact) mass is 725 g/mol. The van der Waals surface area contributed by atoms with E-state index in [4.69, 9.17) is 9.47 Å². The van der Waals surface area contributed by atoms with Crippen molar-refractivity contribution in [2.24, 2.45) is 11.3 Å². The Bertz CT molecular complexity index is 1040. The van der Waals surface area contributed by atoms with Crippen LogP contribution >= 0.6 is 45.2 Å². The molecule has 2 rings (SSSR count). The van der Waals surface area contributed by atoms with Crippen LogP contribution in [0.3, 0.4) is 0 Å². The van der Waals surface area contributed by atoms with Crippen molar-refractivity contribution in [2.75, 3.05) is 6.79 Å². The van der Waals surface area contributed by atoms with Crippen molar-refractivity contribution in [1.82, 2.24) is 14.9 Å². The van der Waals surface area contributed by atoms with Crippen LogP contribution < -0.4 is 5.32 Å². The van der Waals surface area contributed by atoms with E-state index < -0.39 is 42.2 Å². The number of imidazole rings is 1. The zero-order chi connectivity index (χ0) is 27.0. The van der Waals surface area contributed by atoms with Crippen LogP contribution in [0.4, 0.5) is 0 Å². The molecule has 0 bridgehead atoms. The van der Waals surface area contributed by atoms with E-state index in [1.807, 2.05) is 18.4 Å². The van der Waals surface area contributed by atoms with Crippen LogP contribution in [0.1, 0.15) is 52.3 Å². The highest BCUT2D eigenvalue weighted by atomic mass is 127. The lowest BCUT2D eigenvalue weighted by Crippen LogP contribution is -2.49. The number of ether oxygens (including phenoxy) is 2. The largest absolute Gasteiger partial charge is 0.480 e. The average molecular weight is 725 g/mol. The SMILES string of the molecule is CC(C)CC(NC(Cc1cncn1Cc1cc(I)cc(I)c1)C(=O)OCOC(=O)C(C)(C)C)C(=O)O. The standard InChI is InChI=1S/C25H33I2N3O6/c1-15(2)6-20(22(31)32)29-21(23(33)35-14-36-24(34)25(3,4)5)10-19-11-28-13-30(19)12-16-7-17(26)9-18(27)8-16/h7-9,11,13,15,20-21,29H,6,10,12,14H2,1-5H3,(H,31,32). The highest BCUT2D eigenvalue weighted by molar-refractivity contribution is 14.1. The summed E-state index contributed by atoms with van der Waals surface area (Å²) in [5.74, 6) is -2.17. The molecule has 1 heterocycles. The lowest BCUT2D eigenvalue weighted by atomic mass is 9.98. The Balaban J connectivity index is 2.22. The van der Waals surface area contributed by atoms with E-state index in [0.29, 0.717) is 13.0 Å². The minimum atomic E-state index is -1.05. The number of carbonyl (C=O) groups excluding carboxylic acids is 2. The molecular formula is C25H33I2N3O6. The Morgan fingerprint density at radius 1 is 1.08 bits per heavy atom. The van der Waals surface area contributed by atoms with Gasteiger partial charge >= 0.3 is 17.9 Å². The van der Waals surface area contributed by atoms with Gasteiger partial charge in [-0.1, -0.05) is 13.8 Å². The number of esters is 2. The van der Waals surface area contributed by atoms with Gasteiger partial charge in [-0.25, -0.2) is 4.98 Å². The predicted octanol–water partition coefficient (Wildman–Crippen LogP) is 4.23. The van der Waals surface area contributed by atoms with E-state index in [1.54, 1.807) is 33.3 Å². The van der Waals surface area contributed by atoms with Gasteiger partial charge < -0.3 is 19.1 Å². The van der Waals surface area contributed by atoms with Gasteiger partial charge in [0.2, 0.25) is 6.79 Å². The summed E-state index contributed by atoms with van der Waals surface area (Å²) < 4.78 is 14.4. The van der Waals surface area contributed by atoms with Gasteiger partial charge in [-0.15, -0.1) is 0 Å². The molecule has 2 unspecified atom stereocenters. The Hall–Kier alpha value is -1.74. The van der Waals surface area contributed by atoms with E-state index in [2.05, 4.69) is 73.7 Å². The van der Waals surface area contributed by atoms with Gasteiger partial charge in [0, 0.05) is 32.0 Å². The third-order valence-corrected chi connectivity index (χ3v) is 6.43. The van der Waals surface area contributed by atoms with Gasteiger partial charge in [0.15, 0.2) is 0 Å². The third-order valence-electron chi connectivity index (χ3n) is 5.18. The fraction of sp³-hybridized carbons (Fsp3) is 0.520. The van der Waals surface area contributed by atoms with E-state index in [0.717, 1.165) is 18.4 Å². The number of carboxylic acids is 1. The molecule has 0 spiro atoms. The van der Waals surface area contributed by atoms with Gasteiger partial charge in [-0.05, 0) is 102 Å². The smallest absolute Gasteiger partial charge is 0.326 e. The molecule has 2 atom stereocenters. The maximum absolute atomic E-state index is 13.0. The van der Waals surface area contributed by atoms with Crippen LogP contribution in [-0.2, 0) is 36.8 Å². The molecule has 2 aromatic rings. The van der Waals surface area contributed by atoms with Gasteiger partial charge in [0.05, 0.1) is 11.7 Å². The molecule has 0 saturated heterocycles. The lowest BCUT2D eigenvalue weighted by Gasteiger charge is -2.24. The van der Waals surface area contributed by atoms with Crippen molar-refractivity contribution >= 4 is 63.1 Å². The normalized spacial score (nSPS) is 13.3. The quantitative estimate of drug-likeness (QED) is 0.190. The zero-order valence-electron chi connectivity index (χ0n) is 21.1. The molecule has 9 nitrogen and oxygen atoms in total. The lowest BCUT2D eigenvalue weighted by molar-refractivity contribution is -0.174. The fourth-order valence-electron chi connectivity index (χ4n) is 3.39. The molecule has 0 aliphatic carbocycles. The highest BCUT2D eigenvalue weighted by Gasteiger charge is 2.30. The molecule has 0 saturated carbocycles. The van der Waals surface area contributed by atoms with E-state index >= 15 is 0 Å². The molecule has 0 radical (unpaired) electrons. The van der Waals surface area contributed by atoms with Gasteiger partial charge in [-0.3, -0.25) is 19.7 Å². The average Bonchev–Trinajstić information content (AvgIpc) is 3.17. The maximum Gasteiger partial charge on any atom is 0.326 e. The number of benzene rings is 1. The van der Waals surface area contributed by atoms with Crippen molar-refractivity contribution < 1.29 is 29.0 Å². The molecule has 1 aromatic heterocycles. The number of halogens is 2. The van der Waals surface area contributed by atoms with Crippen molar-refractivity contribution in [3.63, 3.8) is 0 Å². The van der Waals surface area contributed by atoms with Crippen LogP contribution in [0.5, 0.6) is 0 Å². The summed E-state index contributed by atoms with van der Waals surface area (Å²) in [4.78, 5) is 41.1. The zero-order valence-corrected chi connectivity index (χ0v) is 25.4. The van der Waals surface area contributed by atoms with Crippen LogP contribution in [0.2, 0.25) is 0 Å². The predicted molar refractivity (Wildman–Crippen MR) is 151 cm³/mol. The summed E-state index contributed by atoms with van der Waals surface area (Å²) in [6, 6.07) is 4.28. The Morgan fingerprint density at radius 3 is 2.28 bits per heavy atom. The molecule has 0 aliphatic heterocycles. The molecule has 11 heteroatoms. The number of nitrogens with zero attached hydrogens (tertiary/aromatic N) is 2. The molecule has 0 fully saturated rings. The summed E-state index contributed by atoms with van der Waals surface area (Å²) in [6.45, 7) is 8.91. The molecule has 198 valence electrons. The molecule has 2 N–H and O–H groups in total. The third kappa shape index (κ3) is 9.96. The minimum absolute atomic E-state index is 0.0940. The van der Waals surface area contributed by atoms with E-state index in [9.17, 15) is 19.5 Å². The number of hydrogen-bond donors (Lipinski definition) is 2. The number of carbonyl (C=O) groups is 3. The number of rotatable bonds is 12. The van der Waals surface area contributed by atoms with E-state index in [1.165, 1.54) is 0 Å². The second-order valence-electron chi connectivity index (χ2n) is 10.00. The molecule has 36 heavy (non-hydrogen) atoms. The molecule has 1 aromatic carbocycles. The molecular weight excluding hydrogens is 692 g/mol. The Morgan fingerprint density at radius 2 is 1.72 bits per heavy atom. The maximum atomic E-state index is 13.0. The van der Waals surface area contributed by atoms with Gasteiger partial charge in [0.25, 0.3) is 0 Å². The van der Waals surface area contributed by atoms with Gasteiger partial charge in [0.1, 0.15) is 12.1 Å². The summed E-state index contributed by atoms with van der Waals surface area (Å²) >= 11 is 4.54. The molecule has 0 amide bonds. The fourth-order valence-corrected chi connectivity index (χ4v) is 5.46.